The van der Waals surface area contributed by atoms with Gasteiger partial charge in [-0.05, 0) is 37.1 Å². The first-order valence-electron chi connectivity index (χ1n) is 8.84. The highest BCUT2D eigenvalue weighted by Gasteiger charge is 2.26. The van der Waals surface area contributed by atoms with Gasteiger partial charge >= 0.3 is 5.97 Å². The number of amides is 1. The normalized spacial score (nSPS) is 17.3. The molecule has 7 nitrogen and oxygen atoms in total. The van der Waals surface area contributed by atoms with E-state index in [0.717, 1.165) is 24.9 Å². The zero-order valence-corrected chi connectivity index (χ0v) is 17.0. The molecule has 10 heteroatoms. The molecule has 2 aromatic rings. The average molecular weight is 425 g/mol. The van der Waals surface area contributed by atoms with Crippen molar-refractivity contribution in [1.82, 2.24) is 15.1 Å². The van der Waals surface area contributed by atoms with Crippen molar-refractivity contribution < 1.29 is 18.7 Å². The SMILES string of the molecule is COC(=O)CSc1nnc(NC(=O)[C@H]2CCCN(Cc3ccc(F)cc3)C2)s1. The summed E-state index contributed by atoms with van der Waals surface area (Å²) in [5.41, 5.74) is 1.03. The Morgan fingerprint density at radius 2 is 2.14 bits per heavy atom. The lowest BCUT2D eigenvalue weighted by Crippen LogP contribution is -2.40. The van der Waals surface area contributed by atoms with Gasteiger partial charge in [-0.15, -0.1) is 10.2 Å². The van der Waals surface area contributed by atoms with Crippen LogP contribution in [0, 0.1) is 11.7 Å². The lowest BCUT2D eigenvalue weighted by molar-refractivity contribution is -0.137. The van der Waals surface area contributed by atoms with Crippen molar-refractivity contribution in [3.8, 4) is 0 Å². The van der Waals surface area contributed by atoms with Crippen molar-refractivity contribution in [1.29, 1.82) is 0 Å². The molecule has 1 saturated heterocycles. The van der Waals surface area contributed by atoms with Crippen LogP contribution in [0.25, 0.3) is 0 Å². The highest BCUT2D eigenvalue weighted by Crippen LogP contribution is 2.27. The summed E-state index contributed by atoms with van der Waals surface area (Å²) in [7, 11) is 1.33. The summed E-state index contributed by atoms with van der Waals surface area (Å²) in [6.07, 6.45) is 1.74. The Bertz CT molecular complexity index is 815. The number of anilines is 1. The van der Waals surface area contributed by atoms with Crippen LogP contribution in [0.4, 0.5) is 9.52 Å². The molecule has 1 aromatic carbocycles. The monoisotopic (exact) mass is 424 g/mol. The Kier molecular flexibility index (Phi) is 7.35. The molecule has 28 heavy (non-hydrogen) atoms. The van der Waals surface area contributed by atoms with Gasteiger partial charge in [-0.25, -0.2) is 4.39 Å². The molecular formula is C18H21FN4O3S2. The number of piperidine rings is 1. The first kappa shape index (κ1) is 20.7. The molecule has 1 aliphatic heterocycles. The summed E-state index contributed by atoms with van der Waals surface area (Å²) in [5, 5.41) is 11.2. The molecule has 1 fully saturated rings. The summed E-state index contributed by atoms with van der Waals surface area (Å²) >= 11 is 2.46. The Balaban J connectivity index is 1.50. The van der Waals surface area contributed by atoms with Crippen LogP contribution in [0.1, 0.15) is 18.4 Å². The number of rotatable bonds is 7. The van der Waals surface area contributed by atoms with Crippen LogP contribution in [0.5, 0.6) is 0 Å². The number of hydrogen-bond donors (Lipinski definition) is 1. The summed E-state index contributed by atoms with van der Waals surface area (Å²) in [6, 6.07) is 6.45. The number of benzene rings is 1. The van der Waals surface area contributed by atoms with Crippen LogP contribution in [0.15, 0.2) is 28.6 Å². The number of thioether (sulfide) groups is 1. The van der Waals surface area contributed by atoms with E-state index < -0.39 is 0 Å². The van der Waals surface area contributed by atoms with Gasteiger partial charge < -0.3 is 10.1 Å². The second-order valence-electron chi connectivity index (χ2n) is 6.43. The number of likely N-dealkylation sites (tertiary alicyclic amines) is 1. The highest BCUT2D eigenvalue weighted by molar-refractivity contribution is 8.01. The van der Waals surface area contributed by atoms with E-state index in [-0.39, 0.29) is 29.4 Å². The summed E-state index contributed by atoms with van der Waals surface area (Å²) < 4.78 is 18.2. The number of carbonyl (C=O) groups excluding carboxylic acids is 2. The molecule has 1 aliphatic rings. The van der Waals surface area contributed by atoms with Gasteiger partial charge in [0, 0.05) is 13.1 Å². The molecule has 150 valence electrons. The first-order chi connectivity index (χ1) is 13.5. The minimum Gasteiger partial charge on any atom is -0.468 e. The van der Waals surface area contributed by atoms with Gasteiger partial charge in [0.25, 0.3) is 0 Å². The third kappa shape index (κ3) is 5.98. The van der Waals surface area contributed by atoms with Gasteiger partial charge in [0.15, 0.2) is 4.34 Å². The quantitative estimate of drug-likeness (QED) is 0.416. The van der Waals surface area contributed by atoms with Gasteiger partial charge in [0.2, 0.25) is 11.0 Å². The van der Waals surface area contributed by atoms with E-state index in [1.54, 1.807) is 12.1 Å². The molecule has 0 spiro atoms. The van der Waals surface area contributed by atoms with E-state index in [9.17, 15) is 14.0 Å². The molecule has 3 rings (SSSR count). The van der Waals surface area contributed by atoms with Crippen molar-refractivity contribution in [2.45, 2.75) is 23.7 Å². The van der Waals surface area contributed by atoms with E-state index in [1.807, 2.05) is 0 Å². The fourth-order valence-electron chi connectivity index (χ4n) is 2.97. The zero-order valence-electron chi connectivity index (χ0n) is 15.4. The molecule has 1 amide bonds. The maximum absolute atomic E-state index is 13.0. The van der Waals surface area contributed by atoms with Crippen LogP contribution in [-0.2, 0) is 20.9 Å². The molecule has 0 radical (unpaired) electrons. The predicted octanol–water partition coefficient (Wildman–Crippen LogP) is 2.79. The van der Waals surface area contributed by atoms with Crippen molar-refractivity contribution in [2.75, 3.05) is 31.3 Å². The molecule has 0 saturated carbocycles. The zero-order chi connectivity index (χ0) is 19.9. The van der Waals surface area contributed by atoms with E-state index in [2.05, 4.69) is 25.2 Å². The van der Waals surface area contributed by atoms with Gasteiger partial charge in [0.1, 0.15) is 5.82 Å². The third-order valence-electron chi connectivity index (χ3n) is 4.37. The second-order valence-corrected chi connectivity index (χ2v) is 8.63. The van der Waals surface area contributed by atoms with E-state index >= 15 is 0 Å². The van der Waals surface area contributed by atoms with Crippen LogP contribution >= 0.6 is 23.1 Å². The Hall–Kier alpha value is -2.04. The van der Waals surface area contributed by atoms with Crippen molar-refractivity contribution in [2.24, 2.45) is 5.92 Å². The number of nitrogens with zero attached hydrogens (tertiary/aromatic N) is 3. The van der Waals surface area contributed by atoms with Crippen LogP contribution < -0.4 is 5.32 Å². The van der Waals surface area contributed by atoms with E-state index in [0.29, 0.717) is 22.6 Å². The number of ether oxygens (including phenoxy) is 1. The molecule has 2 heterocycles. The largest absolute Gasteiger partial charge is 0.468 e. The number of aromatic nitrogens is 2. The number of carbonyl (C=O) groups is 2. The molecule has 1 atom stereocenters. The number of hydrogen-bond acceptors (Lipinski definition) is 8. The molecular weight excluding hydrogens is 403 g/mol. The Labute approximate surface area is 170 Å². The highest BCUT2D eigenvalue weighted by atomic mass is 32.2. The smallest absolute Gasteiger partial charge is 0.316 e. The number of methoxy groups -OCH3 is 1. The maximum Gasteiger partial charge on any atom is 0.316 e. The fourth-order valence-corrected chi connectivity index (χ4v) is 4.55. The minimum absolute atomic E-state index is 0.0792. The van der Waals surface area contributed by atoms with E-state index in [4.69, 9.17) is 0 Å². The summed E-state index contributed by atoms with van der Waals surface area (Å²) in [5.74, 6) is -0.649. The van der Waals surface area contributed by atoms with Gasteiger partial charge in [-0.3, -0.25) is 14.5 Å². The topological polar surface area (TPSA) is 84.4 Å². The molecule has 0 aliphatic carbocycles. The predicted molar refractivity (Wildman–Crippen MR) is 106 cm³/mol. The first-order valence-corrected chi connectivity index (χ1v) is 10.6. The average Bonchev–Trinajstić information content (AvgIpc) is 3.15. The second kappa shape index (κ2) is 9.94. The Morgan fingerprint density at radius 3 is 2.89 bits per heavy atom. The van der Waals surface area contributed by atoms with Crippen molar-refractivity contribution in [3.63, 3.8) is 0 Å². The lowest BCUT2D eigenvalue weighted by atomic mass is 9.97. The van der Waals surface area contributed by atoms with Crippen LogP contribution in [0.2, 0.25) is 0 Å². The van der Waals surface area contributed by atoms with Crippen LogP contribution in [0.3, 0.4) is 0 Å². The Morgan fingerprint density at radius 1 is 1.36 bits per heavy atom. The molecule has 1 aromatic heterocycles. The molecule has 0 unspecified atom stereocenters. The van der Waals surface area contributed by atoms with Crippen molar-refractivity contribution in [3.05, 3.63) is 35.6 Å². The number of esters is 1. The van der Waals surface area contributed by atoms with Gasteiger partial charge in [-0.2, -0.15) is 0 Å². The van der Waals surface area contributed by atoms with Gasteiger partial charge in [0.05, 0.1) is 18.8 Å². The fraction of sp³-hybridized carbons (Fsp3) is 0.444. The van der Waals surface area contributed by atoms with Crippen molar-refractivity contribution >= 4 is 40.1 Å². The third-order valence-corrected chi connectivity index (χ3v) is 6.32. The lowest BCUT2D eigenvalue weighted by Gasteiger charge is -2.31. The number of halogens is 1. The maximum atomic E-state index is 13.0. The van der Waals surface area contributed by atoms with Crippen LogP contribution in [-0.4, -0.2) is 52.9 Å². The van der Waals surface area contributed by atoms with Gasteiger partial charge in [-0.1, -0.05) is 35.2 Å². The molecule has 1 N–H and O–H groups in total. The number of nitrogens with one attached hydrogen (secondary N) is 1. The molecule has 0 bridgehead atoms. The standard InChI is InChI=1S/C18H21FN4O3S2/c1-26-15(24)11-27-18-22-21-17(28-18)20-16(25)13-3-2-8-23(10-13)9-12-4-6-14(19)7-5-12/h4-7,13H,2-3,8-11H2,1H3,(H,20,21,25)/t13-/m0/s1. The summed E-state index contributed by atoms with van der Waals surface area (Å²) in [6.45, 7) is 2.25. The summed E-state index contributed by atoms with van der Waals surface area (Å²) in [4.78, 5) is 26.0. The van der Waals surface area contributed by atoms with E-state index in [1.165, 1.54) is 42.3 Å². The minimum atomic E-state index is -0.339.